The van der Waals surface area contributed by atoms with Gasteiger partial charge in [0.1, 0.15) is 5.82 Å². The molecule has 0 aliphatic heterocycles. The van der Waals surface area contributed by atoms with Crippen molar-refractivity contribution in [3.05, 3.63) is 35.1 Å². The molecule has 1 aromatic carbocycles. The SMILES string of the molecule is CC(C)S(=O)(=O)NC1CCC(c2nc(-c3cccc(Cl)c3)n[nH]2)CC1. The van der Waals surface area contributed by atoms with Crippen molar-refractivity contribution in [1.29, 1.82) is 0 Å². The Morgan fingerprint density at radius 2 is 1.96 bits per heavy atom. The van der Waals surface area contributed by atoms with E-state index in [2.05, 4.69) is 19.9 Å². The number of H-pyrrole nitrogens is 1. The standard InChI is InChI=1S/C17H23ClN4O2S/c1-11(2)25(23,24)22-15-8-6-12(7-9-15)16-19-17(21-20-16)13-4-3-5-14(18)10-13/h3-5,10-12,15,22H,6-9H2,1-2H3,(H,19,20,21). The van der Waals surface area contributed by atoms with Crippen molar-refractivity contribution < 1.29 is 8.42 Å². The van der Waals surface area contributed by atoms with Crippen LogP contribution in [0.25, 0.3) is 11.4 Å². The maximum atomic E-state index is 12.0. The van der Waals surface area contributed by atoms with Gasteiger partial charge in [-0.2, -0.15) is 5.10 Å². The first-order valence-corrected chi connectivity index (χ1v) is 10.5. The van der Waals surface area contributed by atoms with Crippen LogP contribution in [0.4, 0.5) is 0 Å². The Balaban J connectivity index is 1.62. The van der Waals surface area contributed by atoms with Crippen LogP contribution in [0.1, 0.15) is 51.3 Å². The molecule has 6 nitrogen and oxygen atoms in total. The van der Waals surface area contributed by atoms with Crippen molar-refractivity contribution in [3.8, 4) is 11.4 Å². The highest BCUT2D eigenvalue weighted by atomic mass is 35.5. The monoisotopic (exact) mass is 382 g/mol. The van der Waals surface area contributed by atoms with Crippen LogP contribution >= 0.6 is 11.6 Å². The van der Waals surface area contributed by atoms with Crippen molar-refractivity contribution >= 4 is 21.6 Å². The predicted molar refractivity (Wildman–Crippen MR) is 99.0 cm³/mol. The third-order valence-corrected chi connectivity index (χ3v) is 6.79. The molecule has 25 heavy (non-hydrogen) atoms. The van der Waals surface area contributed by atoms with Gasteiger partial charge in [0.15, 0.2) is 5.82 Å². The average Bonchev–Trinajstić information content (AvgIpc) is 3.05. The van der Waals surface area contributed by atoms with Crippen LogP contribution in [-0.4, -0.2) is 34.9 Å². The van der Waals surface area contributed by atoms with Crippen LogP contribution in [-0.2, 0) is 10.0 Å². The summed E-state index contributed by atoms with van der Waals surface area (Å²) in [4.78, 5) is 4.61. The number of hydrogen-bond donors (Lipinski definition) is 2. The quantitative estimate of drug-likeness (QED) is 0.828. The highest BCUT2D eigenvalue weighted by molar-refractivity contribution is 7.90. The molecule has 1 fully saturated rings. The molecule has 3 rings (SSSR count). The minimum absolute atomic E-state index is 0.0129. The van der Waals surface area contributed by atoms with Crippen molar-refractivity contribution in [3.63, 3.8) is 0 Å². The van der Waals surface area contributed by atoms with Crippen molar-refractivity contribution in [2.45, 2.75) is 56.7 Å². The summed E-state index contributed by atoms with van der Waals surface area (Å²) in [6.07, 6.45) is 3.39. The molecule has 8 heteroatoms. The molecule has 0 unspecified atom stereocenters. The number of nitrogens with one attached hydrogen (secondary N) is 2. The largest absolute Gasteiger partial charge is 0.262 e. The second-order valence-corrected chi connectivity index (χ2v) is 9.52. The maximum Gasteiger partial charge on any atom is 0.214 e. The normalized spacial score (nSPS) is 21.6. The molecule has 0 saturated heterocycles. The van der Waals surface area contributed by atoms with Crippen molar-refractivity contribution in [2.75, 3.05) is 0 Å². The van der Waals surface area contributed by atoms with Crippen LogP contribution < -0.4 is 4.72 Å². The summed E-state index contributed by atoms with van der Waals surface area (Å²) in [7, 11) is -3.21. The van der Waals surface area contributed by atoms with Crippen LogP contribution in [0, 0.1) is 0 Å². The molecular formula is C17H23ClN4O2S. The van der Waals surface area contributed by atoms with Gasteiger partial charge in [-0.1, -0.05) is 23.7 Å². The first-order valence-electron chi connectivity index (χ1n) is 8.54. The third kappa shape index (κ3) is 4.40. The molecule has 2 aromatic rings. The lowest BCUT2D eigenvalue weighted by Crippen LogP contribution is -2.40. The Bertz CT molecular complexity index is 827. The number of rotatable bonds is 5. The summed E-state index contributed by atoms with van der Waals surface area (Å²) in [5.41, 5.74) is 0.883. The smallest absolute Gasteiger partial charge is 0.214 e. The van der Waals surface area contributed by atoms with Gasteiger partial charge in [0.2, 0.25) is 10.0 Å². The first-order chi connectivity index (χ1) is 11.8. The minimum atomic E-state index is -3.21. The molecule has 1 aliphatic carbocycles. The van der Waals surface area contributed by atoms with Gasteiger partial charge in [-0.3, -0.25) is 5.10 Å². The number of halogens is 1. The Morgan fingerprint density at radius 1 is 1.24 bits per heavy atom. The number of aromatic nitrogens is 3. The topological polar surface area (TPSA) is 87.7 Å². The van der Waals surface area contributed by atoms with E-state index in [1.807, 2.05) is 24.3 Å². The number of hydrogen-bond acceptors (Lipinski definition) is 4. The van der Waals surface area contributed by atoms with Crippen molar-refractivity contribution in [2.24, 2.45) is 0 Å². The van der Waals surface area contributed by atoms with Gasteiger partial charge in [0, 0.05) is 22.5 Å². The summed E-state index contributed by atoms with van der Waals surface area (Å²) >= 11 is 6.02. The van der Waals surface area contributed by atoms with Crippen LogP contribution in [0.2, 0.25) is 5.02 Å². The lowest BCUT2D eigenvalue weighted by atomic mass is 9.86. The highest BCUT2D eigenvalue weighted by Gasteiger charge is 2.28. The first kappa shape index (κ1) is 18.4. The van der Waals surface area contributed by atoms with Gasteiger partial charge in [-0.15, -0.1) is 0 Å². The molecule has 0 atom stereocenters. The summed E-state index contributed by atoms with van der Waals surface area (Å²) in [6, 6.07) is 7.47. The summed E-state index contributed by atoms with van der Waals surface area (Å²) < 4.78 is 26.8. The molecule has 0 radical (unpaired) electrons. The maximum absolute atomic E-state index is 12.0. The van der Waals surface area contributed by atoms with Gasteiger partial charge in [-0.05, 0) is 51.7 Å². The average molecular weight is 383 g/mol. The van der Waals surface area contributed by atoms with E-state index in [1.165, 1.54) is 0 Å². The fourth-order valence-electron chi connectivity index (χ4n) is 3.07. The summed E-state index contributed by atoms with van der Waals surface area (Å²) in [5, 5.41) is 7.58. The molecule has 0 spiro atoms. The minimum Gasteiger partial charge on any atom is -0.262 e. The number of aromatic amines is 1. The van der Waals surface area contributed by atoms with E-state index in [0.717, 1.165) is 37.1 Å². The van der Waals surface area contributed by atoms with Crippen LogP contribution in [0.15, 0.2) is 24.3 Å². The lowest BCUT2D eigenvalue weighted by Gasteiger charge is -2.28. The highest BCUT2D eigenvalue weighted by Crippen LogP contribution is 2.32. The van der Waals surface area contributed by atoms with Crippen molar-refractivity contribution in [1.82, 2.24) is 19.9 Å². The van der Waals surface area contributed by atoms with Gasteiger partial charge >= 0.3 is 0 Å². The van der Waals surface area contributed by atoms with Crippen LogP contribution in [0.3, 0.4) is 0 Å². The van der Waals surface area contributed by atoms with Gasteiger partial charge in [0.25, 0.3) is 0 Å². The summed E-state index contributed by atoms with van der Waals surface area (Å²) in [5.74, 6) is 1.78. The zero-order chi connectivity index (χ0) is 18.0. The number of nitrogens with zero attached hydrogens (tertiary/aromatic N) is 2. The lowest BCUT2D eigenvalue weighted by molar-refractivity contribution is 0.365. The van der Waals surface area contributed by atoms with E-state index in [9.17, 15) is 8.42 Å². The van der Waals surface area contributed by atoms with Gasteiger partial charge < -0.3 is 0 Å². The number of sulfonamides is 1. The van der Waals surface area contributed by atoms with E-state index in [1.54, 1.807) is 13.8 Å². The zero-order valence-electron chi connectivity index (χ0n) is 14.4. The fraction of sp³-hybridized carbons (Fsp3) is 0.529. The van der Waals surface area contributed by atoms with E-state index in [0.29, 0.717) is 10.8 Å². The third-order valence-electron chi connectivity index (χ3n) is 4.65. The zero-order valence-corrected chi connectivity index (χ0v) is 15.9. The van der Waals surface area contributed by atoms with E-state index < -0.39 is 15.3 Å². The Morgan fingerprint density at radius 3 is 2.60 bits per heavy atom. The second kappa shape index (κ2) is 7.43. The molecule has 1 aromatic heterocycles. The van der Waals surface area contributed by atoms with E-state index in [4.69, 9.17) is 11.6 Å². The molecule has 136 valence electrons. The molecular weight excluding hydrogens is 360 g/mol. The molecule has 0 amide bonds. The van der Waals surface area contributed by atoms with Gasteiger partial charge in [0.05, 0.1) is 5.25 Å². The fourth-order valence-corrected chi connectivity index (χ4v) is 4.23. The van der Waals surface area contributed by atoms with E-state index in [-0.39, 0.29) is 12.0 Å². The molecule has 1 aliphatic rings. The number of benzene rings is 1. The van der Waals surface area contributed by atoms with E-state index >= 15 is 0 Å². The molecule has 2 N–H and O–H groups in total. The van der Waals surface area contributed by atoms with Gasteiger partial charge in [-0.25, -0.2) is 18.1 Å². The molecule has 1 saturated carbocycles. The molecule has 0 bridgehead atoms. The Kier molecular flexibility index (Phi) is 5.46. The Hall–Kier alpha value is -1.44. The predicted octanol–water partition coefficient (Wildman–Crippen LogP) is 3.48. The summed E-state index contributed by atoms with van der Waals surface area (Å²) in [6.45, 7) is 3.39. The Labute approximate surface area is 153 Å². The second-order valence-electron chi connectivity index (χ2n) is 6.81. The van der Waals surface area contributed by atoms with Crippen LogP contribution in [0.5, 0.6) is 0 Å². The molecule has 1 heterocycles.